The van der Waals surface area contributed by atoms with E-state index in [1.54, 1.807) is 0 Å². The molecule has 106 valence electrons. The molecule has 0 heterocycles. The Hall–Kier alpha value is -1.60. The van der Waals surface area contributed by atoms with Gasteiger partial charge in [0, 0.05) is 0 Å². The molecule has 0 aliphatic carbocycles. The van der Waals surface area contributed by atoms with E-state index in [2.05, 4.69) is 38.1 Å². The Morgan fingerprint density at radius 3 is 1.75 bits per heavy atom. The van der Waals surface area contributed by atoms with Crippen molar-refractivity contribution in [1.82, 2.24) is 0 Å². The molecule has 0 saturated carbocycles. The van der Waals surface area contributed by atoms with E-state index < -0.39 is 6.10 Å². The molecule has 0 aliphatic heterocycles. The SMILES string of the molecule is CCCCc1ccc(C(O)c2ccc(CC)cc2)cc1. The van der Waals surface area contributed by atoms with E-state index in [-0.39, 0.29) is 0 Å². The van der Waals surface area contributed by atoms with Crippen LogP contribution in [0.4, 0.5) is 0 Å². The molecule has 0 bridgehead atoms. The molecule has 0 fully saturated rings. The summed E-state index contributed by atoms with van der Waals surface area (Å²) >= 11 is 0. The molecule has 1 N–H and O–H groups in total. The number of hydrogen-bond donors (Lipinski definition) is 1. The molecule has 0 spiro atoms. The third-order valence-corrected chi connectivity index (χ3v) is 3.82. The number of aliphatic hydroxyl groups excluding tert-OH is 1. The number of unbranched alkanes of at least 4 members (excludes halogenated alkanes) is 1. The van der Waals surface area contributed by atoms with E-state index in [9.17, 15) is 5.11 Å². The van der Waals surface area contributed by atoms with Crippen molar-refractivity contribution < 1.29 is 5.11 Å². The van der Waals surface area contributed by atoms with Crippen LogP contribution in [0, 0.1) is 0 Å². The fourth-order valence-electron chi connectivity index (χ4n) is 2.38. The van der Waals surface area contributed by atoms with Crippen molar-refractivity contribution in [3.8, 4) is 0 Å². The zero-order chi connectivity index (χ0) is 14.4. The van der Waals surface area contributed by atoms with Gasteiger partial charge in [0.1, 0.15) is 6.10 Å². The van der Waals surface area contributed by atoms with Gasteiger partial charge in [-0.15, -0.1) is 0 Å². The molecule has 0 amide bonds. The first-order chi connectivity index (χ1) is 9.74. The molecular formula is C19H24O. The van der Waals surface area contributed by atoms with Crippen LogP contribution >= 0.6 is 0 Å². The zero-order valence-electron chi connectivity index (χ0n) is 12.5. The highest BCUT2D eigenvalue weighted by Gasteiger charge is 2.09. The molecule has 0 radical (unpaired) electrons. The van der Waals surface area contributed by atoms with Crippen LogP contribution in [0.1, 0.15) is 55.0 Å². The molecule has 0 aliphatic rings. The van der Waals surface area contributed by atoms with Crippen molar-refractivity contribution in [3.05, 3.63) is 70.8 Å². The second-order valence-corrected chi connectivity index (χ2v) is 5.34. The Bertz CT molecular complexity index is 510. The fourth-order valence-corrected chi connectivity index (χ4v) is 2.38. The first-order valence-electron chi connectivity index (χ1n) is 7.60. The average molecular weight is 268 g/mol. The topological polar surface area (TPSA) is 20.2 Å². The van der Waals surface area contributed by atoms with E-state index in [1.165, 1.54) is 24.0 Å². The summed E-state index contributed by atoms with van der Waals surface area (Å²) in [6.07, 6.45) is 4.07. The summed E-state index contributed by atoms with van der Waals surface area (Å²) in [5.41, 5.74) is 4.58. The Kier molecular flexibility index (Phi) is 5.37. The summed E-state index contributed by atoms with van der Waals surface area (Å²) < 4.78 is 0. The first kappa shape index (κ1) is 14.8. The minimum atomic E-state index is -0.527. The van der Waals surface area contributed by atoms with Crippen LogP contribution in [-0.2, 0) is 12.8 Å². The van der Waals surface area contributed by atoms with Gasteiger partial charge >= 0.3 is 0 Å². The van der Waals surface area contributed by atoms with Gasteiger partial charge in [-0.2, -0.15) is 0 Å². The lowest BCUT2D eigenvalue weighted by Crippen LogP contribution is -2.00. The van der Waals surface area contributed by atoms with Crippen LogP contribution in [0.15, 0.2) is 48.5 Å². The highest BCUT2D eigenvalue weighted by molar-refractivity contribution is 5.33. The minimum absolute atomic E-state index is 0.527. The van der Waals surface area contributed by atoms with Gasteiger partial charge in [-0.05, 0) is 41.5 Å². The van der Waals surface area contributed by atoms with Gasteiger partial charge < -0.3 is 5.11 Å². The van der Waals surface area contributed by atoms with Gasteiger partial charge in [-0.1, -0.05) is 68.8 Å². The zero-order valence-corrected chi connectivity index (χ0v) is 12.5. The number of benzene rings is 2. The lowest BCUT2D eigenvalue weighted by Gasteiger charge is -2.12. The van der Waals surface area contributed by atoms with Crippen LogP contribution in [0.3, 0.4) is 0 Å². The highest BCUT2D eigenvalue weighted by atomic mass is 16.3. The quantitative estimate of drug-likeness (QED) is 0.807. The second kappa shape index (κ2) is 7.25. The molecule has 1 nitrogen and oxygen atoms in total. The Labute approximate surface area is 122 Å². The molecule has 1 heteroatoms. The van der Waals surface area contributed by atoms with Crippen LogP contribution in [0.2, 0.25) is 0 Å². The first-order valence-corrected chi connectivity index (χ1v) is 7.60. The van der Waals surface area contributed by atoms with E-state index in [4.69, 9.17) is 0 Å². The number of aliphatic hydroxyl groups is 1. The van der Waals surface area contributed by atoms with E-state index in [0.29, 0.717) is 0 Å². The largest absolute Gasteiger partial charge is 0.384 e. The summed E-state index contributed by atoms with van der Waals surface area (Å²) in [4.78, 5) is 0. The summed E-state index contributed by atoms with van der Waals surface area (Å²) in [5, 5.41) is 10.4. The van der Waals surface area contributed by atoms with Crippen LogP contribution in [0.5, 0.6) is 0 Å². The Morgan fingerprint density at radius 2 is 1.30 bits per heavy atom. The van der Waals surface area contributed by atoms with Crippen LogP contribution in [-0.4, -0.2) is 5.11 Å². The number of hydrogen-bond acceptors (Lipinski definition) is 1. The van der Waals surface area contributed by atoms with E-state index in [1.807, 2.05) is 24.3 Å². The van der Waals surface area contributed by atoms with E-state index in [0.717, 1.165) is 24.0 Å². The van der Waals surface area contributed by atoms with Crippen molar-refractivity contribution >= 4 is 0 Å². The van der Waals surface area contributed by atoms with Crippen molar-refractivity contribution in [2.45, 2.75) is 45.6 Å². The Morgan fingerprint density at radius 1 is 0.800 bits per heavy atom. The second-order valence-electron chi connectivity index (χ2n) is 5.34. The van der Waals surface area contributed by atoms with Crippen LogP contribution in [0.25, 0.3) is 0 Å². The lowest BCUT2D eigenvalue weighted by molar-refractivity contribution is 0.220. The number of aryl methyl sites for hydroxylation is 2. The van der Waals surface area contributed by atoms with Crippen molar-refractivity contribution in [3.63, 3.8) is 0 Å². The minimum Gasteiger partial charge on any atom is -0.384 e. The van der Waals surface area contributed by atoms with Crippen LogP contribution < -0.4 is 0 Å². The lowest BCUT2D eigenvalue weighted by atomic mass is 9.98. The van der Waals surface area contributed by atoms with Gasteiger partial charge in [0.05, 0.1) is 0 Å². The van der Waals surface area contributed by atoms with Crippen molar-refractivity contribution in [1.29, 1.82) is 0 Å². The molecule has 0 aromatic heterocycles. The van der Waals surface area contributed by atoms with Gasteiger partial charge in [-0.25, -0.2) is 0 Å². The molecular weight excluding hydrogens is 244 g/mol. The van der Waals surface area contributed by atoms with Gasteiger partial charge in [0.25, 0.3) is 0 Å². The monoisotopic (exact) mass is 268 g/mol. The van der Waals surface area contributed by atoms with Crippen molar-refractivity contribution in [2.75, 3.05) is 0 Å². The predicted molar refractivity (Wildman–Crippen MR) is 84.9 cm³/mol. The van der Waals surface area contributed by atoms with Gasteiger partial charge in [0.15, 0.2) is 0 Å². The summed E-state index contributed by atoms with van der Waals surface area (Å²) in [7, 11) is 0. The van der Waals surface area contributed by atoms with E-state index >= 15 is 0 Å². The normalized spacial score (nSPS) is 12.3. The molecule has 1 unspecified atom stereocenters. The molecule has 1 atom stereocenters. The third kappa shape index (κ3) is 3.71. The van der Waals surface area contributed by atoms with Crippen molar-refractivity contribution in [2.24, 2.45) is 0 Å². The average Bonchev–Trinajstić information content (AvgIpc) is 2.53. The molecule has 2 rings (SSSR count). The Balaban J connectivity index is 2.09. The summed E-state index contributed by atoms with van der Waals surface area (Å²) in [6, 6.07) is 16.6. The predicted octanol–water partition coefficient (Wildman–Crippen LogP) is 4.67. The standard InChI is InChI=1S/C19H24O/c1-3-5-6-16-9-13-18(14-10-16)19(20)17-11-7-15(4-2)8-12-17/h7-14,19-20H,3-6H2,1-2H3. The smallest absolute Gasteiger partial charge is 0.104 e. The maximum atomic E-state index is 10.4. The van der Waals surface area contributed by atoms with Gasteiger partial charge in [0.2, 0.25) is 0 Å². The molecule has 20 heavy (non-hydrogen) atoms. The molecule has 2 aromatic rings. The van der Waals surface area contributed by atoms with Gasteiger partial charge in [-0.3, -0.25) is 0 Å². The maximum absolute atomic E-state index is 10.4. The third-order valence-electron chi connectivity index (χ3n) is 3.82. The summed E-state index contributed by atoms with van der Waals surface area (Å²) in [5.74, 6) is 0. The molecule has 2 aromatic carbocycles. The fraction of sp³-hybridized carbons (Fsp3) is 0.368. The molecule has 0 saturated heterocycles. The maximum Gasteiger partial charge on any atom is 0.104 e. The number of rotatable bonds is 6. The summed E-state index contributed by atoms with van der Waals surface area (Å²) in [6.45, 7) is 4.35. The highest BCUT2D eigenvalue weighted by Crippen LogP contribution is 2.23.